The summed E-state index contributed by atoms with van der Waals surface area (Å²) in [4.78, 5) is 11.9. The summed E-state index contributed by atoms with van der Waals surface area (Å²) in [6.45, 7) is 0.758. The molecule has 0 aromatic carbocycles. The van der Waals surface area contributed by atoms with E-state index >= 15 is 0 Å². The Labute approximate surface area is 102 Å². The van der Waals surface area contributed by atoms with Crippen LogP contribution in [0.3, 0.4) is 0 Å². The number of halogens is 1. The summed E-state index contributed by atoms with van der Waals surface area (Å²) in [6, 6.07) is 0. The van der Waals surface area contributed by atoms with Gasteiger partial charge < -0.3 is 0 Å². The van der Waals surface area contributed by atoms with Crippen molar-refractivity contribution in [3.63, 3.8) is 0 Å². The predicted octanol–water partition coefficient (Wildman–Crippen LogP) is 1.29. The minimum atomic E-state index is -0.285. The van der Waals surface area contributed by atoms with Crippen molar-refractivity contribution in [3.8, 4) is 5.81 Å². The van der Waals surface area contributed by atoms with Gasteiger partial charge in [-0.3, -0.25) is 0 Å². The van der Waals surface area contributed by atoms with Gasteiger partial charge in [-0.2, -0.15) is 0 Å². The minimum absolute atomic E-state index is 0.0846. The van der Waals surface area contributed by atoms with Gasteiger partial charge in [-0.1, -0.05) is 0 Å². The molecule has 0 bridgehead atoms. The molecular formula is C8H7ClN5O2P. The molecule has 17 heavy (non-hydrogen) atoms. The molecular weight excluding hydrogens is 265 g/mol. The molecule has 0 aliphatic rings. The van der Waals surface area contributed by atoms with E-state index in [1.807, 2.05) is 0 Å². The van der Waals surface area contributed by atoms with Gasteiger partial charge in [-0.25, -0.2) is 0 Å². The van der Waals surface area contributed by atoms with Crippen molar-refractivity contribution in [1.29, 1.82) is 0 Å². The van der Waals surface area contributed by atoms with Crippen molar-refractivity contribution in [1.82, 2.24) is 19.5 Å². The molecule has 0 saturated heterocycles. The van der Waals surface area contributed by atoms with E-state index in [0.29, 0.717) is 24.3 Å². The van der Waals surface area contributed by atoms with Crippen molar-refractivity contribution in [2.75, 3.05) is 12.3 Å². The molecule has 2 aromatic heterocycles. The summed E-state index contributed by atoms with van der Waals surface area (Å²) in [5.74, 6) is 2.27. The molecule has 0 spiro atoms. The van der Waals surface area contributed by atoms with Gasteiger partial charge in [0.25, 0.3) is 0 Å². The fourth-order valence-electron chi connectivity index (χ4n) is 1.31. The standard InChI is InChI=1S/C8H7ClN5O2P/c9-6-5-7(13-8(10)12-6)14(3-11-5)1-2-16-4-17-15/h3H,1-2H2,(H2,10,12,13). The Kier molecular flexibility index (Phi) is 3.76. The molecule has 2 rings (SSSR count). The number of ether oxygens (including phenoxy) is 1. The van der Waals surface area contributed by atoms with Crippen molar-refractivity contribution in [2.24, 2.45) is 0 Å². The fraction of sp³-hybridized carbons (Fsp3) is 0.250. The molecule has 2 aromatic rings. The van der Waals surface area contributed by atoms with Gasteiger partial charge in [0, 0.05) is 0 Å². The monoisotopic (exact) mass is 271 g/mol. The number of aromatic nitrogens is 4. The third-order valence-electron chi connectivity index (χ3n) is 1.97. The van der Waals surface area contributed by atoms with E-state index in [9.17, 15) is 4.57 Å². The summed E-state index contributed by atoms with van der Waals surface area (Å²) < 4.78 is 16.6. The van der Waals surface area contributed by atoms with Crippen LogP contribution in [0.2, 0.25) is 5.15 Å². The number of imidazole rings is 1. The first-order valence-electron chi connectivity index (χ1n) is 4.55. The van der Waals surface area contributed by atoms with Crippen LogP contribution in [0.5, 0.6) is 0 Å². The quantitative estimate of drug-likeness (QED) is 0.513. The molecule has 0 aliphatic heterocycles. The van der Waals surface area contributed by atoms with Gasteiger partial charge in [0.1, 0.15) is 0 Å². The van der Waals surface area contributed by atoms with Crippen LogP contribution in [0.25, 0.3) is 11.2 Å². The predicted molar refractivity (Wildman–Crippen MR) is 62.2 cm³/mol. The Hall–Kier alpha value is -1.39. The van der Waals surface area contributed by atoms with Gasteiger partial charge in [0.2, 0.25) is 0 Å². The maximum absolute atomic E-state index is 10.1. The third kappa shape index (κ3) is 2.65. The average Bonchev–Trinajstić information content (AvgIpc) is 2.68. The van der Waals surface area contributed by atoms with Crippen LogP contribution in [0.4, 0.5) is 5.95 Å². The molecule has 0 saturated carbocycles. The number of rotatable bonds is 3. The van der Waals surface area contributed by atoms with Crippen molar-refractivity contribution >= 4 is 36.6 Å². The van der Waals surface area contributed by atoms with Crippen molar-refractivity contribution in [2.45, 2.75) is 6.54 Å². The van der Waals surface area contributed by atoms with E-state index in [-0.39, 0.29) is 19.0 Å². The zero-order valence-corrected chi connectivity index (χ0v) is 10.1. The van der Waals surface area contributed by atoms with E-state index in [0.717, 1.165) is 0 Å². The number of nitrogen functional groups attached to an aromatic ring is 1. The molecule has 0 amide bonds. The molecule has 0 fully saturated rings. The molecule has 0 radical (unpaired) electrons. The molecule has 2 heterocycles. The number of anilines is 1. The number of nitrogens with zero attached hydrogens (tertiary/aromatic N) is 4. The molecule has 2 N–H and O–H groups in total. The van der Waals surface area contributed by atoms with Crippen LogP contribution in [0.1, 0.15) is 0 Å². The fourth-order valence-corrected chi connectivity index (χ4v) is 1.67. The van der Waals surface area contributed by atoms with Crippen molar-refractivity contribution < 1.29 is 9.30 Å². The third-order valence-corrected chi connectivity index (χ3v) is 2.44. The van der Waals surface area contributed by atoms with Crippen LogP contribution < -0.4 is 5.73 Å². The first-order chi connectivity index (χ1) is 8.22. The second kappa shape index (κ2) is 5.29. The normalized spacial score (nSPS) is 10.4. The van der Waals surface area contributed by atoms with Crippen LogP contribution in [-0.2, 0) is 15.8 Å². The van der Waals surface area contributed by atoms with Crippen LogP contribution >= 0.6 is 19.5 Å². The first-order valence-corrected chi connectivity index (χ1v) is 5.74. The Morgan fingerprint density at radius 1 is 1.59 bits per heavy atom. The van der Waals surface area contributed by atoms with Crippen molar-refractivity contribution in [3.05, 3.63) is 11.5 Å². The number of fused-ring (bicyclic) bond motifs is 1. The number of hydrogen-bond donors (Lipinski definition) is 1. The molecule has 0 atom stereocenters. The van der Waals surface area contributed by atoms with E-state index in [1.165, 1.54) is 0 Å². The molecule has 9 heteroatoms. The van der Waals surface area contributed by atoms with Crippen LogP contribution in [-0.4, -0.2) is 26.1 Å². The molecule has 0 aliphatic carbocycles. The SMILES string of the molecule is Nc1nc(Cl)c2ncn(CCOC#P=O)c2n1. The first kappa shape index (κ1) is 12.1. The Bertz CT molecular complexity index is 652. The van der Waals surface area contributed by atoms with E-state index in [2.05, 4.69) is 20.8 Å². The summed E-state index contributed by atoms with van der Waals surface area (Å²) >= 11 is 5.87. The van der Waals surface area contributed by atoms with Gasteiger partial charge in [-0.05, 0) is 0 Å². The van der Waals surface area contributed by atoms with Gasteiger partial charge in [0.05, 0.1) is 0 Å². The molecule has 88 valence electrons. The summed E-state index contributed by atoms with van der Waals surface area (Å²) in [5, 5.41) is 0.211. The van der Waals surface area contributed by atoms with Crippen LogP contribution in [0.15, 0.2) is 6.33 Å². The van der Waals surface area contributed by atoms with Gasteiger partial charge in [-0.15, -0.1) is 0 Å². The van der Waals surface area contributed by atoms with Gasteiger partial charge >= 0.3 is 102 Å². The van der Waals surface area contributed by atoms with E-state index in [4.69, 9.17) is 22.1 Å². The Morgan fingerprint density at radius 2 is 2.41 bits per heavy atom. The molecule has 0 unspecified atom stereocenters. The number of hydrogen-bond acceptors (Lipinski definition) is 6. The molecule has 7 nitrogen and oxygen atoms in total. The van der Waals surface area contributed by atoms with E-state index in [1.54, 1.807) is 10.9 Å². The van der Waals surface area contributed by atoms with Crippen LogP contribution in [0, 0.1) is 5.81 Å². The summed E-state index contributed by atoms with van der Waals surface area (Å²) in [5.41, 5.74) is 6.51. The summed E-state index contributed by atoms with van der Waals surface area (Å²) in [7, 11) is -0.285. The average molecular weight is 272 g/mol. The second-order valence-electron chi connectivity index (χ2n) is 3.01. The Morgan fingerprint density at radius 3 is 3.18 bits per heavy atom. The topological polar surface area (TPSA) is 95.9 Å². The zero-order chi connectivity index (χ0) is 12.3. The van der Waals surface area contributed by atoms with E-state index < -0.39 is 0 Å². The second-order valence-corrected chi connectivity index (χ2v) is 3.74. The summed E-state index contributed by atoms with van der Waals surface area (Å²) in [6.07, 6.45) is 1.56. The number of nitrogens with two attached hydrogens (primary N) is 1. The van der Waals surface area contributed by atoms with Gasteiger partial charge in [0.15, 0.2) is 0 Å². The zero-order valence-electron chi connectivity index (χ0n) is 8.50. The maximum atomic E-state index is 10.1. The Balaban J connectivity index is 2.28.